The van der Waals surface area contributed by atoms with Gasteiger partial charge in [-0.1, -0.05) is 26.7 Å². The first-order valence-electron chi connectivity index (χ1n) is 5.61. The summed E-state index contributed by atoms with van der Waals surface area (Å²) >= 11 is 0. The zero-order valence-corrected chi connectivity index (χ0v) is 9.31. The highest BCUT2D eigenvalue weighted by molar-refractivity contribution is 5.81. The van der Waals surface area contributed by atoms with Crippen LogP contribution in [0.3, 0.4) is 0 Å². The van der Waals surface area contributed by atoms with Gasteiger partial charge in [0.15, 0.2) is 0 Å². The van der Waals surface area contributed by atoms with Crippen LogP contribution in [-0.2, 0) is 4.79 Å². The maximum Gasteiger partial charge on any atom is 0.236 e. The molecule has 0 aromatic heterocycles. The Kier molecular flexibility index (Phi) is 3.93. The van der Waals surface area contributed by atoms with Crippen LogP contribution in [0.25, 0.3) is 0 Å². The first-order chi connectivity index (χ1) is 6.57. The van der Waals surface area contributed by atoms with Crippen molar-refractivity contribution >= 4 is 5.91 Å². The molecule has 1 rings (SSSR count). The van der Waals surface area contributed by atoms with E-state index in [1.54, 1.807) is 0 Å². The maximum atomic E-state index is 11.5. The summed E-state index contributed by atoms with van der Waals surface area (Å²) in [4.78, 5) is 11.5. The fourth-order valence-electron chi connectivity index (χ4n) is 1.83. The van der Waals surface area contributed by atoms with E-state index in [1.165, 1.54) is 19.3 Å². The topological polar surface area (TPSA) is 55.1 Å². The number of rotatable bonds is 5. The van der Waals surface area contributed by atoms with Crippen LogP contribution in [-0.4, -0.2) is 18.5 Å². The van der Waals surface area contributed by atoms with Crippen molar-refractivity contribution in [3.05, 3.63) is 0 Å². The Morgan fingerprint density at radius 2 is 2.21 bits per heavy atom. The van der Waals surface area contributed by atoms with Crippen molar-refractivity contribution < 1.29 is 4.79 Å². The number of amides is 1. The molecule has 1 aliphatic carbocycles. The molecule has 0 aliphatic heterocycles. The summed E-state index contributed by atoms with van der Waals surface area (Å²) in [5.74, 6) is 0.0139. The largest absolute Gasteiger partial charge is 0.354 e. The van der Waals surface area contributed by atoms with E-state index < -0.39 is 0 Å². The molecule has 14 heavy (non-hydrogen) atoms. The maximum absolute atomic E-state index is 11.5. The number of nitrogens with two attached hydrogens (primary N) is 1. The highest BCUT2D eigenvalue weighted by Gasteiger charge is 2.32. The lowest BCUT2D eigenvalue weighted by molar-refractivity contribution is -0.123. The molecule has 0 aromatic rings. The number of hydrogen-bond acceptors (Lipinski definition) is 2. The third kappa shape index (κ3) is 2.98. The first-order valence-corrected chi connectivity index (χ1v) is 5.61. The second-order valence-electron chi connectivity index (χ2n) is 4.78. The second-order valence-corrected chi connectivity index (χ2v) is 4.78. The highest BCUT2D eigenvalue weighted by atomic mass is 16.2. The van der Waals surface area contributed by atoms with Gasteiger partial charge in [-0.05, 0) is 24.7 Å². The molecule has 1 fully saturated rings. The van der Waals surface area contributed by atoms with Crippen LogP contribution in [0.1, 0.15) is 46.0 Å². The molecular formula is C11H22N2O. The van der Waals surface area contributed by atoms with Crippen LogP contribution >= 0.6 is 0 Å². The van der Waals surface area contributed by atoms with Gasteiger partial charge in [0.25, 0.3) is 0 Å². The fraction of sp³-hybridized carbons (Fsp3) is 0.909. The zero-order chi connectivity index (χ0) is 10.6. The Labute approximate surface area is 86.4 Å². The zero-order valence-electron chi connectivity index (χ0n) is 9.31. The molecule has 1 amide bonds. The van der Waals surface area contributed by atoms with Crippen molar-refractivity contribution in [1.29, 1.82) is 0 Å². The van der Waals surface area contributed by atoms with Gasteiger partial charge in [0.2, 0.25) is 5.91 Å². The van der Waals surface area contributed by atoms with E-state index in [2.05, 4.69) is 12.2 Å². The molecule has 0 saturated heterocycles. The van der Waals surface area contributed by atoms with Crippen LogP contribution in [0, 0.1) is 5.41 Å². The monoisotopic (exact) mass is 198 g/mol. The van der Waals surface area contributed by atoms with E-state index in [0.717, 1.165) is 19.4 Å². The fourth-order valence-corrected chi connectivity index (χ4v) is 1.83. The number of carbonyl (C=O) groups excluding carboxylic acids is 1. The standard InChI is InChI=1S/C11H22N2O/c1-3-5-9(12)10(14)13-8-11(2)6-4-7-11/h9H,3-8,12H2,1-2H3,(H,13,14)/t9-/m0/s1. The molecule has 0 aromatic carbocycles. The first kappa shape index (κ1) is 11.5. The lowest BCUT2D eigenvalue weighted by atomic mass is 9.70. The molecule has 1 saturated carbocycles. The SMILES string of the molecule is CCC[C@H](N)C(=O)NCC1(C)CCC1. The van der Waals surface area contributed by atoms with Crippen LogP contribution in [0.15, 0.2) is 0 Å². The molecule has 3 heteroatoms. The van der Waals surface area contributed by atoms with Crippen molar-refractivity contribution in [2.24, 2.45) is 11.1 Å². The minimum Gasteiger partial charge on any atom is -0.354 e. The third-order valence-corrected chi connectivity index (χ3v) is 3.19. The molecule has 1 atom stereocenters. The number of nitrogens with one attached hydrogen (secondary N) is 1. The van der Waals surface area contributed by atoms with Crippen molar-refractivity contribution in [2.75, 3.05) is 6.54 Å². The second kappa shape index (κ2) is 4.78. The van der Waals surface area contributed by atoms with Gasteiger partial charge in [0, 0.05) is 6.54 Å². The molecule has 3 nitrogen and oxygen atoms in total. The summed E-state index contributed by atoms with van der Waals surface area (Å²) in [7, 11) is 0. The summed E-state index contributed by atoms with van der Waals surface area (Å²) in [5.41, 5.74) is 6.05. The Hall–Kier alpha value is -0.570. The van der Waals surface area contributed by atoms with Gasteiger partial charge in [-0.2, -0.15) is 0 Å². The molecule has 0 heterocycles. The number of carbonyl (C=O) groups is 1. The predicted octanol–water partition coefficient (Wildman–Crippen LogP) is 1.42. The molecule has 0 radical (unpaired) electrons. The average Bonchev–Trinajstić information content (AvgIpc) is 2.11. The van der Waals surface area contributed by atoms with E-state index >= 15 is 0 Å². The molecule has 82 valence electrons. The number of hydrogen-bond donors (Lipinski definition) is 2. The van der Waals surface area contributed by atoms with Crippen LogP contribution in [0.4, 0.5) is 0 Å². The Bertz CT molecular complexity index is 199. The quantitative estimate of drug-likeness (QED) is 0.702. The molecular weight excluding hydrogens is 176 g/mol. The summed E-state index contributed by atoms with van der Waals surface area (Å²) in [5, 5.41) is 2.95. The van der Waals surface area contributed by atoms with Gasteiger partial charge in [0.05, 0.1) is 6.04 Å². The van der Waals surface area contributed by atoms with E-state index in [9.17, 15) is 4.79 Å². The average molecular weight is 198 g/mol. The third-order valence-electron chi connectivity index (χ3n) is 3.19. The molecule has 3 N–H and O–H groups in total. The van der Waals surface area contributed by atoms with E-state index in [4.69, 9.17) is 5.73 Å². The molecule has 0 spiro atoms. The summed E-state index contributed by atoms with van der Waals surface area (Å²) in [6.45, 7) is 5.06. The van der Waals surface area contributed by atoms with Crippen LogP contribution in [0.2, 0.25) is 0 Å². The smallest absolute Gasteiger partial charge is 0.236 e. The predicted molar refractivity (Wildman–Crippen MR) is 57.9 cm³/mol. The lowest BCUT2D eigenvalue weighted by Crippen LogP contribution is -2.46. The van der Waals surface area contributed by atoms with Gasteiger partial charge < -0.3 is 11.1 Å². The Morgan fingerprint density at radius 1 is 1.57 bits per heavy atom. The van der Waals surface area contributed by atoms with E-state index in [0.29, 0.717) is 5.41 Å². The summed E-state index contributed by atoms with van der Waals surface area (Å²) in [6.07, 6.45) is 5.51. The van der Waals surface area contributed by atoms with Gasteiger partial charge in [-0.3, -0.25) is 4.79 Å². The van der Waals surface area contributed by atoms with Gasteiger partial charge in [-0.15, -0.1) is 0 Å². The van der Waals surface area contributed by atoms with Gasteiger partial charge in [-0.25, -0.2) is 0 Å². The van der Waals surface area contributed by atoms with Gasteiger partial charge >= 0.3 is 0 Å². The normalized spacial score (nSPS) is 21.1. The summed E-state index contributed by atoms with van der Waals surface area (Å²) in [6, 6.07) is -0.316. The Balaban J connectivity index is 2.20. The van der Waals surface area contributed by atoms with Crippen LogP contribution in [0.5, 0.6) is 0 Å². The lowest BCUT2D eigenvalue weighted by Gasteiger charge is -2.38. The van der Waals surface area contributed by atoms with Crippen LogP contribution < -0.4 is 11.1 Å². The minimum absolute atomic E-state index is 0.0139. The van der Waals surface area contributed by atoms with E-state index in [-0.39, 0.29) is 11.9 Å². The van der Waals surface area contributed by atoms with Crippen molar-refractivity contribution in [1.82, 2.24) is 5.32 Å². The minimum atomic E-state index is -0.316. The van der Waals surface area contributed by atoms with Crippen molar-refractivity contribution in [3.8, 4) is 0 Å². The molecule has 0 unspecified atom stereocenters. The molecule has 0 bridgehead atoms. The van der Waals surface area contributed by atoms with Crippen molar-refractivity contribution in [3.63, 3.8) is 0 Å². The summed E-state index contributed by atoms with van der Waals surface area (Å²) < 4.78 is 0. The van der Waals surface area contributed by atoms with Crippen molar-refractivity contribution in [2.45, 2.75) is 52.0 Å². The Morgan fingerprint density at radius 3 is 2.64 bits per heavy atom. The molecule has 1 aliphatic rings. The highest BCUT2D eigenvalue weighted by Crippen LogP contribution is 2.39. The van der Waals surface area contributed by atoms with Gasteiger partial charge in [0.1, 0.15) is 0 Å². The van der Waals surface area contributed by atoms with E-state index in [1.807, 2.05) is 6.92 Å².